The van der Waals surface area contributed by atoms with Gasteiger partial charge in [0.2, 0.25) is 0 Å². The maximum Gasteiger partial charge on any atom is 0.631 e. The molecule has 1 aromatic carbocycles. The zero-order valence-electron chi connectivity index (χ0n) is 10.4. The molecule has 0 saturated carbocycles. The fourth-order valence-corrected chi connectivity index (χ4v) is 2.73. The van der Waals surface area contributed by atoms with E-state index in [1.54, 1.807) is 13.1 Å². The molecule has 3 N–H and O–H groups in total. The maximum absolute atomic E-state index is 11.7. The number of rotatable bonds is 1. The van der Waals surface area contributed by atoms with E-state index in [-0.39, 0.29) is 11.6 Å². The number of nitro benzene ring substituents is 1. The molecule has 0 saturated heterocycles. The van der Waals surface area contributed by atoms with Crippen molar-refractivity contribution in [1.29, 1.82) is 0 Å². The second-order valence-corrected chi connectivity index (χ2v) is 5.70. The van der Waals surface area contributed by atoms with Gasteiger partial charge in [-0.05, 0) is 0 Å². The molecule has 0 aromatic heterocycles. The second kappa shape index (κ2) is 6.90. The molecule has 0 spiro atoms. The summed E-state index contributed by atoms with van der Waals surface area (Å²) >= 11 is 0.428. The van der Waals surface area contributed by atoms with Crippen LogP contribution >= 0.6 is 0 Å². The Morgan fingerprint density at radius 1 is 1.42 bits per heavy atom. The van der Waals surface area contributed by atoms with Crippen molar-refractivity contribution >= 4 is 67.5 Å². The number of amides is 1. The van der Waals surface area contributed by atoms with Gasteiger partial charge >= 0.3 is 129 Å². The van der Waals surface area contributed by atoms with Crippen LogP contribution in [0.5, 0.6) is 0 Å². The summed E-state index contributed by atoms with van der Waals surface area (Å²) < 4.78 is 1.11. The first kappa shape index (κ1) is 16.7. The number of fused-ring (bicyclic) bond motifs is 1. The van der Waals surface area contributed by atoms with Crippen molar-refractivity contribution < 1.29 is 24.8 Å². The van der Waals surface area contributed by atoms with E-state index in [0.29, 0.717) is 61.1 Å². The van der Waals surface area contributed by atoms with Crippen LogP contribution in [0.4, 0.5) is 5.69 Å². The quantitative estimate of drug-likeness (QED) is 0.310. The van der Waals surface area contributed by atoms with Crippen molar-refractivity contribution in [3.63, 3.8) is 0 Å². The van der Waals surface area contributed by atoms with Crippen LogP contribution in [0, 0.1) is 10.1 Å². The molecule has 0 aliphatic carbocycles. The molecule has 1 aromatic rings. The number of benzene rings is 1. The molecule has 1 heterocycles. The number of carbonyl (C=O) groups excluding carboxylic acids is 1. The fraction of sp³-hybridized carbons (Fsp3) is 0.222. The van der Waals surface area contributed by atoms with E-state index in [1.807, 2.05) is 0 Å². The number of hydrogen-bond acceptors (Lipinski definition) is 6. The van der Waals surface area contributed by atoms with Crippen molar-refractivity contribution in [3.05, 3.63) is 33.4 Å². The van der Waals surface area contributed by atoms with Crippen molar-refractivity contribution in [3.8, 4) is 0 Å². The summed E-state index contributed by atoms with van der Waals surface area (Å²) in [5, 5.41) is 32.3. The molecule has 0 radical (unpaired) electrons. The van der Waals surface area contributed by atoms with Gasteiger partial charge < -0.3 is 15.1 Å². The van der Waals surface area contributed by atoms with Crippen LogP contribution in [0.1, 0.15) is 15.9 Å². The third-order valence-corrected chi connectivity index (χ3v) is 4.14. The van der Waals surface area contributed by atoms with Crippen LogP contribution in [0.2, 0.25) is 0 Å². The molecule has 8 nitrogen and oxygen atoms in total. The average molecular weight is 292 g/mol. The van der Waals surface area contributed by atoms with E-state index in [0.717, 1.165) is 5.22 Å². The molecular formula is C9H10BKN2O6. The Morgan fingerprint density at radius 2 is 1.95 bits per heavy atom. The normalized spacial score (nSPS) is 12.7. The molecule has 1 aliphatic rings. The van der Waals surface area contributed by atoms with Crippen molar-refractivity contribution in [2.24, 2.45) is 0 Å². The SMILES string of the molecule is CN1Cc2[c]([K])ccc([N+](=O)[O-])c2C1=O.OB(O)O. The van der Waals surface area contributed by atoms with E-state index in [2.05, 4.69) is 0 Å². The summed E-state index contributed by atoms with van der Waals surface area (Å²) in [6, 6.07) is 3.21. The molecule has 2 rings (SSSR count). The van der Waals surface area contributed by atoms with Gasteiger partial charge in [0.05, 0.1) is 0 Å². The van der Waals surface area contributed by atoms with E-state index >= 15 is 0 Å². The second-order valence-electron chi connectivity index (χ2n) is 4.02. The Morgan fingerprint density at radius 3 is 2.42 bits per heavy atom. The van der Waals surface area contributed by atoms with Crippen LogP contribution < -0.4 is -0.342 Å². The molecule has 0 fully saturated rings. The number of hydrogen-bond donors (Lipinski definition) is 3. The van der Waals surface area contributed by atoms with Gasteiger partial charge in [0, 0.05) is 0 Å². The zero-order valence-corrected chi connectivity index (χ0v) is 13.5. The summed E-state index contributed by atoms with van der Waals surface area (Å²) in [4.78, 5) is 23.5. The topological polar surface area (TPSA) is 124 Å². The molecule has 1 amide bonds. The predicted molar refractivity (Wildman–Crippen MR) is 66.7 cm³/mol. The van der Waals surface area contributed by atoms with Gasteiger partial charge in [0.15, 0.2) is 0 Å². The third kappa shape index (κ3) is 4.07. The number of nitro groups is 1. The number of nitrogens with zero attached hydrogens (tertiary/aromatic N) is 2. The minimum atomic E-state index is -2.17. The summed E-state index contributed by atoms with van der Waals surface area (Å²) in [6.45, 7) is 0.507. The standard InChI is InChI=1S/C9H7N2O3.BH3O3.K/c1-10-5-6-3-2-4-7(11(13)14)8(6)9(10)12;2-1(3)4;/h2,4H,5H2,1H3;2-4H;. The van der Waals surface area contributed by atoms with Crippen LogP contribution in [-0.4, -0.2) is 94.1 Å². The maximum atomic E-state index is 11.7. The first-order valence-electron chi connectivity index (χ1n) is 5.32. The Labute approximate surface area is 142 Å². The molecule has 1 aliphatic heterocycles. The van der Waals surface area contributed by atoms with Crippen LogP contribution in [0.25, 0.3) is 0 Å². The molecule has 0 unspecified atom stereocenters. The van der Waals surface area contributed by atoms with E-state index in [9.17, 15) is 14.9 Å². The van der Waals surface area contributed by atoms with Gasteiger partial charge in [-0.2, -0.15) is 0 Å². The summed E-state index contributed by atoms with van der Waals surface area (Å²) in [7, 11) is -0.501. The van der Waals surface area contributed by atoms with Gasteiger partial charge in [-0.15, -0.1) is 0 Å². The predicted octanol–water partition coefficient (Wildman–Crippen LogP) is -2.08. The van der Waals surface area contributed by atoms with Crippen LogP contribution in [0.15, 0.2) is 12.1 Å². The molecule has 0 atom stereocenters. The first-order chi connectivity index (χ1) is 8.75. The Balaban J connectivity index is 0.000000399. The molecule has 10 heteroatoms. The van der Waals surface area contributed by atoms with Crippen molar-refractivity contribution in [1.82, 2.24) is 4.90 Å². The summed E-state index contributed by atoms with van der Waals surface area (Å²) in [5.74, 6) is -0.234. The number of carbonyl (C=O) groups is 1. The minimum Gasteiger partial charge on any atom is -0.402 e. The average Bonchev–Trinajstić information content (AvgIpc) is 2.57. The summed E-state index contributed by atoms with van der Waals surface area (Å²) in [6.07, 6.45) is 0. The molecular weight excluding hydrogens is 282 g/mol. The van der Waals surface area contributed by atoms with Crippen molar-refractivity contribution in [2.75, 3.05) is 7.05 Å². The Kier molecular flexibility index (Phi) is 6.08. The molecule has 0 bridgehead atoms. The monoisotopic (exact) mass is 292 g/mol. The van der Waals surface area contributed by atoms with Crippen LogP contribution in [-0.2, 0) is 6.54 Å². The van der Waals surface area contributed by atoms with E-state index < -0.39 is 12.2 Å². The van der Waals surface area contributed by atoms with Gasteiger partial charge in [0.25, 0.3) is 0 Å². The van der Waals surface area contributed by atoms with Gasteiger partial charge in [-0.1, -0.05) is 0 Å². The molecule has 96 valence electrons. The Hall–Kier alpha value is -0.329. The van der Waals surface area contributed by atoms with Gasteiger partial charge in [-0.25, -0.2) is 0 Å². The Bertz CT molecular complexity index is 521. The van der Waals surface area contributed by atoms with Gasteiger partial charge in [0.1, 0.15) is 0 Å². The fourth-order valence-electron chi connectivity index (χ4n) is 1.83. The van der Waals surface area contributed by atoms with Gasteiger partial charge in [-0.3, -0.25) is 0 Å². The zero-order chi connectivity index (χ0) is 14.7. The van der Waals surface area contributed by atoms with Crippen molar-refractivity contribution in [2.45, 2.75) is 6.54 Å². The van der Waals surface area contributed by atoms with E-state index in [4.69, 9.17) is 15.1 Å². The molecule has 19 heavy (non-hydrogen) atoms. The minimum absolute atomic E-state index is 0.0626. The van der Waals surface area contributed by atoms with E-state index in [1.165, 1.54) is 11.0 Å². The third-order valence-electron chi connectivity index (χ3n) is 2.68. The first-order valence-corrected chi connectivity index (χ1v) is 6.88. The van der Waals surface area contributed by atoms with Crippen LogP contribution in [0.3, 0.4) is 0 Å². The summed E-state index contributed by atoms with van der Waals surface area (Å²) in [5.41, 5.74) is 1.09. The smallest absolute Gasteiger partial charge is 0.402 e. The largest absolute Gasteiger partial charge is 0.631 e.